The Kier molecular flexibility index (Phi) is 6.91. The summed E-state index contributed by atoms with van der Waals surface area (Å²) in [6, 6.07) is 8.47. The van der Waals surface area contributed by atoms with E-state index in [0.717, 1.165) is 6.42 Å². The quantitative estimate of drug-likeness (QED) is 0.733. The van der Waals surface area contributed by atoms with Crippen LogP contribution in [-0.4, -0.2) is 43.4 Å². The highest BCUT2D eigenvalue weighted by atomic mass is 32.2. The zero-order valence-corrected chi connectivity index (χ0v) is 19.9. The second-order valence-electron chi connectivity index (χ2n) is 9.34. The Morgan fingerprint density at radius 3 is 2.48 bits per heavy atom. The SMILES string of the molecule is Cc1noc(C)c1S(=O)(=O)N1CCCC(C(=O)NCCc2ccc(C(C)(C)C)cc2)C1. The molecule has 0 spiro atoms. The van der Waals surface area contributed by atoms with Gasteiger partial charge < -0.3 is 9.84 Å². The van der Waals surface area contributed by atoms with Crippen molar-refractivity contribution in [2.75, 3.05) is 19.6 Å². The van der Waals surface area contributed by atoms with Crippen molar-refractivity contribution in [3.63, 3.8) is 0 Å². The molecule has 170 valence electrons. The molecule has 2 heterocycles. The molecule has 1 aliphatic rings. The van der Waals surface area contributed by atoms with E-state index in [4.69, 9.17) is 4.52 Å². The highest BCUT2D eigenvalue weighted by molar-refractivity contribution is 7.89. The van der Waals surface area contributed by atoms with Gasteiger partial charge in [0.15, 0.2) is 5.76 Å². The molecule has 0 radical (unpaired) electrons. The van der Waals surface area contributed by atoms with Gasteiger partial charge in [0, 0.05) is 19.6 Å². The zero-order chi connectivity index (χ0) is 22.8. The molecule has 7 nitrogen and oxygen atoms in total. The molecule has 2 aromatic rings. The van der Waals surface area contributed by atoms with E-state index in [1.807, 2.05) is 0 Å². The van der Waals surface area contributed by atoms with Crippen LogP contribution in [0.5, 0.6) is 0 Å². The van der Waals surface area contributed by atoms with Crippen molar-refractivity contribution in [1.29, 1.82) is 0 Å². The van der Waals surface area contributed by atoms with Gasteiger partial charge in [-0.1, -0.05) is 50.2 Å². The first-order valence-corrected chi connectivity index (χ1v) is 12.2. The van der Waals surface area contributed by atoms with E-state index in [-0.39, 0.29) is 34.4 Å². The van der Waals surface area contributed by atoms with Crippen molar-refractivity contribution in [3.05, 3.63) is 46.8 Å². The maximum Gasteiger partial charge on any atom is 0.248 e. The molecule has 1 fully saturated rings. The first-order chi connectivity index (χ1) is 14.5. The van der Waals surface area contributed by atoms with Crippen molar-refractivity contribution < 1.29 is 17.7 Å². The van der Waals surface area contributed by atoms with Crippen LogP contribution < -0.4 is 5.32 Å². The molecule has 3 rings (SSSR count). The Bertz CT molecular complexity index is 1000. The normalized spacial score (nSPS) is 18.2. The summed E-state index contributed by atoms with van der Waals surface area (Å²) < 4.78 is 32.5. The fraction of sp³-hybridized carbons (Fsp3) is 0.565. The van der Waals surface area contributed by atoms with Gasteiger partial charge >= 0.3 is 0 Å². The van der Waals surface area contributed by atoms with Crippen molar-refractivity contribution in [2.45, 2.75) is 64.2 Å². The minimum absolute atomic E-state index is 0.0926. The molecule has 1 N–H and O–H groups in total. The van der Waals surface area contributed by atoms with Crippen LogP contribution in [0.25, 0.3) is 0 Å². The Hall–Kier alpha value is -2.19. The lowest BCUT2D eigenvalue weighted by molar-refractivity contribution is -0.126. The van der Waals surface area contributed by atoms with Crippen LogP contribution in [0.15, 0.2) is 33.7 Å². The van der Waals surface area contributed by atoms with Gasteiger partial charge in [0.2, 0.25) is 15.9 Å². The number of piperidine rings is 1. The maximum absolute atomic E-state index is 13.0. The Morgan fingerprint density at radius 2 is 1.90 bits per heavy atom. The van der Waals surface area contributed by atoms with E-state index in [1.54, 1.807) is 13.8 Å². The van der Waals surface area contributed by atoms with E-state index in [9.17, 15) is 13.2 Å². The molecular formula is C23H33N3O4S. The molecule has 1 unspecified atom stereocenters. The van der Waals surface area contributed by atoms with Crippen LogP contribution in [0.1, 0.15) is 56.2 Å². The number of hydrogen-bond acceptors (Lipinski definition) is 5. The minimum Gasteiger partial charge on any atom is -0.360 e. The van der Waals surface area contributed by atoms with Crippen LogP contribution in [0.2, 0.25) is 0 Å². The summed E-state index contributed by atoms with van der Waals surface area (Å²) in [6.45, 7) is 10.9. The summed E-state index contributed by atoms with van der Waals surface area (Å²) in [7, 11) is -3.73. The summed E-state index contributed by atoms with van der Waals surface area (Å²) in [5.41, 5.74) is 2.91. The van der Waals surface area contributed by atoms with Crippen molar-refractivity contribution in [1.82, 2.24) is 14.8 Å². The molecule has 1 aromatic heterocycles. The maximum atomic E-state index is 13.0. The molecule has 1 saturated heterocycles. The van der Waals surface area contributed by atoms with Gasteiger partial charge in [-0.05, 0) is 49.7 Å². The van der Waals surface area contributed by atoms with Gasteiger partial charge in [-0.2, -0.15) is 4.31 Å². The summed E-state index contributed by atoms with van der Waals surface area (Å²) in [6.07, 6.45) is 2.07. The average Bonchev–Trinajstić information content (AvgIpc) is 3.06. The first kappa shape index (κ1) is 23.5. The number of carbonyl (C=O) groups excluding carboxylic acids is 1. The third-order valence-electron chi connectivity index (χ3n) is 5.85. The van der Waals surface area contributed by atoms with Crippen LogP contribution in [0, 0.1) is 19.8 Å². The Balaban J connectivity index is 1.56. The molecule has 8 heteroatoms. The number of nitrogens with one attached hydrogen (secondary N) is 1. The third-order valence-corrected chi connectivity index (χ3v) is 7.96. The van der Waals surface area contributed by atoms with E-state index < -0.39 is 10.0 Å². The van der Waals surface area contributed by atoms with Crippen LogP contribution >= 0.6 is 0 Å². The predicted molar refractivity (Wildman–Crippen MR) is 119 cm³/mol. The summed E-state index contributed by atoms with van der Waals surface area (Å²) in [4.78, 5) is 12.8. The van der Waals surface area contributed by atoms with Crippen molar-refractivity contribution >= 4 is 15.9 Å². The summed E-state index contributed by atoms with van der Waals surface area (Å²) in [5.74, 6) is -0.168. The van der Waals surface area contributed by atoms with Crippen LogP contribution in [-0.2, 0) is 26.7 Å². The molecule has 31 heavy (non-hydrogen) atoms. The van der Waals surface area contributed by atoms with Crippen molar-refractivity contribution in [2.24, 2.45) is 5.92 Å². The van der Waals surface area contributed by atoms with Gasteiger partial charge in [0.25, 0.3) is 0 Å². The van der Waals surface area contributed by atoms with Gasteiger partial charge in [-0.3, -0.25) is 4.79 Å². The number of hydrogen-bond donors (Lipinski definition) is 1. The minimum atomic E-state index is -3.73. The fourth-order valence-corrected chi connectivity index (χ4v) is 5.81. The number of benzene rings is 1. The first-order valence-electron chi connectivity index (χ1n) is 10.8. The smallest absolute Gasteiger partial charge is 0.248 e. The van der Waals surface area contributed by atoms with E-state index >= 15 is 0 Å². The second kappa shape index (κ2) is 9.12. The lowest BCUT2D eigenvalue weighted by Gasteiger charge is -2.31. The van der Waals surface area contributed by atoms with Gasteiger partial charge in [-0.15, -0.1) is 0 Å². The molecule has 0 bridgehead atoms. The average molecular weight is 448 g/mol. The van der Waals surface area contributed by atoms with Gasteiger partial charge in [0.05, 0.1) is 5.92 Å². The number of aryl methyl sites for hydroxylation is 2. The molecular weight excluding hydrogens is 414 g/mol. The topological polar surface area (TPSA) is 92.5 Å². The largest absolute Gasteiger partial charge is 0.360 e. The molecule has 0 saturated carbocycles. The number of rotatable bonds is 6. The fourth-order valence-electron chi connectivity index (χ4n) is 3.99. The van der Waals surface area contributed by atoms with Crippen molar-refractivity contribution in [3.8, 4) is 0 Å². The number of aromatic nitrogens is 1. The summed E-state index contributed by atoms with van der Waals surface area (Å²) >= 11 is 0. The van der Waals surface area contributed by atoms with Gasteiger partial charge in [0.1, 0.15) is 10.6 Å². The monoisotopic (exact) mass is 447 g/mol. The van der Waals surface area contributed by atoms with E-state index in [2.05, 4.69) is 55.5 Å². The predicted octanol–water partition coefficient (Wildman–Crippen LogP) is 3.35. The summed E-state index contributed by atoms with van der Waals surface area (Å²) in [5, 5.41) is 6.74. The zero-order valence-electron chi connectivity index (χ0n) is 19.1. The lowest BCUT2D eigenvalue weighted by atomic mass is 9.86. The van der Waals surface area contributed by atoms with Crippen LogP contribution in [0.3, 0.4) is 0 Å². The number of nitrogens with zero attached hydrogens (tertiary/aromatic N) is 2. The van der Waals surface area contributed by atoms with E-state index in [1.165, 1.54) is 15.4 Å². The Morgan fingerprint density at radius 1 is 1.23 bits per heavy atom. The molecule has 0 aliphatic carbocycles. The molecule has 1 atom stereocenters. The number of amides is 1. The van der Waals surface area contributed by atoms with E-state index in [0.29, 0.717) is 31.6 Å². The molecule has 1 amide bonds. The highest BCUT2D eigenvalue weighted by Gasteiger charge is 2.36. The third kappa shape index (κ3) is 5.36. The number of sulfonamides is 1. The standard InChI is InChI=1S/C23H33N3O4S/c1-16-21(17(2)30-25-16)31(28,29)26-14-6-7-19(15-26)22(27)24-13-12-18-8-10-20(11-9-18)23(3,4)5/h8-11,19H,6-7,12-15H2,1-5H3,(H,24,27). The molecule has 1 aliphatic heterocycles. The number of carbonyl (C=O) groups is 1. The Labute approximate surface area is 185 Å². The van der Waals surface area contributed by atoms with Crippen LogP contribution in [0.4, 0.5) is 0 Å². The van der Waals surface area contributed by atoms with Gasteiger partial charge in [-0.25, -0.2) is 8.42 Å². The lowest BCUT2D eigenvalue weighted by Crippen LogP contribution is -2.45. The molecule has 1 aromatic carbocycles. The second-order valence-corrected chi connectivity index (χ2v) is 11.2. The highest BCUT2D eigenvalue weighted by Crippen LogP contribution is 2.28.